The van der Waals surface area contributed by atoms with Gasteiger partial charge in [0, 0.05) is 5.38 Å². The molecular weight excluding hydrogens is 146 g/mol. The van der Waals surface area contributed by atoms with Crippen LogP contribution in [0.2, 0.25) is 0 Å². The second-order valence-electron chi connectivity index (χ2n) is 1.06. The summed E-state index contributed by atoms with van der Waals surface area (Å²) < 4.78 is 20.0. The highest BCUT2D eigenvalue weighted by atomic mass is 32.2. The zero-order chi connectivity index (χ0) is 5.98. The van der Waals surface area contributed by atoms with E-state index in [2.05, 4.69) is 4.98 Å². The molecule has 1 aromatic rings. The SMILES string of the molecule is O=S([O-])c1cscn1. The van der Waals surface area contributed by atoms with Crippen LogP contribution < -0.4 is 0 Å². The number of nitrogens with zero attached hydrogens (tertiary/aromatic N) is 1. The van der Waals surface area contributed by atoms with E-state index in [1.165, 1.54) is 22.2 Å². The molecule has 0 saturated heterocycles. The predicted molar refractivity (Wildman–Crippen MR) is 29.3 cm³/mol. The topological polar surface area (TPSA) is 53.0 Å². The minimum absolute atomic E-state index is 0.120. The molecule has 0 radical (unpaired) electrons. The van der Waals surface area contributed by atoms with E-state index in [4.69, 9.17) is 0 Å². The molecule has 1 rings (SSSR count). The Kier molecular flexibility index (Phi) is 1.72. The minimum atomic E-state index is -2.15. The van der Waals surface area contributed by atoms with Crippen LogP contribution in [-0.4, -0.2) is 13.7 Å². The van der Waals surface area contributed by atoms with Crippen molar-refractivity contribution in [3.63, 3.8) is 0 Å². The van der Waals surface area contributed by atoms with E-state index in [0.717, 1.165) is 0 Å². The van der Waals surface area contributed by atoms with Gasteiger partial charge in [0.05, 0.1) is 5.51 Å². The van der Waals surface area contributed by atoms with Crippen molar-refractivity contribution in [2.75, 3.05) is 0 Å². The van der Waals surface area contributed by atoms with Crippen LogP contribution in [0.25, 0.3) is 0 Å². The summed E-state index contributed by atoms with van der Waals surface area (Å²) in [7, 11) is 0. The molecule has 0 aliphatic heterocycles. The third-order valence-electron chi connectivity index (χ3n) is 0.580. The second kappa shape index (κ2) is 2.34. The summed E-state index contributed by atoms with van der Waals surface area (Å²) in [6.45, 7) is 0. The van der Waals surface area contributed by atoms with E-state index in [9.17, 15) is 8.76 Å². The summed E-state index contributed by atoms with van der Waals surface area (Å²) in [4.78, 5) is 3.52. The lowest BCUT2D eigenvalue weighted by molar-refractivity contribution is 0.534. The molecule has 0 spiro atoms. The fourth-order valence-electron chi connectivity index (χ4n) is 0.284. The molecule has 3 nitrogen and oxygen atoms in total. The van der Waals surface area contributed by atoms with Gasteiger partial charge in [0.25, 0.3) is 0 Å². The first-order valence-corrected chi connectivity index (χ1v) is 3.80. The van der Waals surface area contributed by atoms with E-state index in [-0.39, 0.29) is 5.03 Å². The van der Waals surface area contributed by atoms with Gasteiger partial charge in [0.15, 0.2) is 0 Å². The third-order valence-corrected chi connectivity index (χ3v) is 1.88. The van der Waals surface area contributed by atoms with E-state index >= 15 is 0 Å². The Bertz CT molecular complexity index is 183. The maximum Gasteiger partial charge on any atom is 0.124 e. The smallest absolute Gasteiger partial charge is 0.124 e. The maximum absolute atomic E-state index is 10.0. The van der Waals surface area contributed by atoms with Crippen molar-refractivity contribution >= 4 is 22.4 Å². The maximum atomic E-state index is 10.0. The van der Waals surface area contributed by atoms with Crippen molar-refractivity contribution in [3.05, 3.63) is 10.9 Å². The molecule has 0 aromatic carbocycles. The summed E-state index contributed by atoms with van der Waals surface area (Å²) in [6.07, 6.45) is 0. The van der Waals surface area contributed by atoms with Gasteiger partial charge in [0.1, 0.15) is 5.03 Å². The molecular formula is C3H2NO2S2-. The van der Waals surface area contributed by atoms with Gasteiger partial charge in [-0.15, -0.1) is 11.3 Å². The van der Waals surface area contributed by atoms with Gasteiger partial charge in [-0.25, -0.2) is 4.98 Å². The summed E-state index contributed by atoms with van der Waals surface area (Å²) >= 11 is -0.885. The number of thiazole rings is 1. The van der Waals surface area contributed by atoms with Crippen molar-refractivity contribution in [1.82, 2.24) is 4.98 Å². The molecule has 0 bridgehead atoms. The number of rotatable bonds is 1. The largest absolute Gasteiger partial charge is 0.767 e. The van der Waals surface area contributed by atoms with Crippen LogP contribution >= 0.6 is 11.3 Å². The summed E-state index contributed by atoms with van der Waals surface area (Å²) in [6, 6.07) is 0. The van der Waals surface area contributed by atoms with Crippen molar-refractivity contribution in [3.8, 4) is 0 Å². The lowest BCUT2D eigenvalue weighted by Crippen LogP contribution is -1.85. The van der Waals surface area contributed by atoms with Crippen LogP contribution in [0.4, 0.5) is 0 Å². The van der Waals surface area contributed by atoms with Crippen LogP contribution in [-0.2, 0) is 11.1 Å². The fourth-order valence-corrected chi connectivity index (χ4v) is 1.38. The lowest BCUT2D eigenvalue weighted by Gasteiger charge is -1.95. The normalized spacial score (nSPS) is 13.6. The van der Waals surface area contributed by atoms with Crippen molar-refractivity contribution in [1.29, 1.82) is 0 Å². The van der Waals surface area contributed by atoms with E-state index in [0.29, 0.717) is 0 Å². The summed E-state index contributed by atoms with van der Waals surface area (Å²) in [5, 5.41) is 1.60. The highest BCUT2D eigenvalue weighted by Crippen LogP contribution is 2.02. The Morgan fingerprint density at radius 1 is 1.88 bits per heavy atom. The summed E-state index contributed by atoms with van der Waals surface area (Å²) in [5.74, 6) is 0. The van der Waals surface area contributed by atoms with Crippen LogP contribution in [0.1, 0.15) is 0 Å². The van der Waals surface area contributed by atoms with E-state index in [1.54, 1.807) is 0 Å². The Morgan fingerprint density at radius 2 is 2.62 bits per heavy atom. The standard InChI is InChI=1S/C3H3NO2S2/c5-8(6)3-1-7-2-4-3/h1-2H,(H,5,6)/p-1. The van der Waals surface area contributed by atoms with Gasteiger partial charge >= 0.3 is 0 Å². The molecule has 0 N–H and O–H groups in total. The first kappa shape index (κ1) is 5.87. The molecule has 0 fully saturated rings. The minimum Gasteiger partial charge on any atom is -0.767 e. The third kappa shape index (κ3) is 1.12. The van der Waals surface area contributed by atoms with E-state index < -0.39 is 11.1 Å². The zero-order valence-electron chi connectivity index (χ0n) is 3.73. The van der Waals surface area contributed by atoms with Crippen LogP contribution in [0.5, 0.6) is 0 Å². The Hall–Kier alpha value is -0.260. The molecule has 0 aliphatic carbocycles. The van der Waals surface area contributed by atoms with E-state index in [1.807, 2.05) is 0 Å². The Morgan fingerprint density at radius 3 is 2.88 bits per heavy atom. The molecule has 1 unspecified atom stereocenters. The highest BCUT2D eigenvalue weighted by molar-refractivity contribution is 7.79. The zero-order valence-corrected chi connectivity index (χ0v) is 5.37. The van der Waals surface area contributed by atoms with Crippen LogP contribution in [0.15, 0.2) is 15.9 Å². The number of hydrogen-bond acceptors (Lipinski definition) is 4. The van der Waals surface area contributed by atoms with Gasteiger partial charge in [-0.1, -0.05) is 0 Å². The highest BCUT2D eigenvalue weighted by Gasteiger charge is 1.89. The van der Waals surface area contributed by atoms with Gasteiger partial charge < -0.3 is 4.55 Å². The van der Waals surface area contributed by atoms with Crippen LogP contribution in [0, 0.1) is 0 Å². The van der Waals surface area contributed by atoms with Gasteiger partial charge in [0.2, 0.25) is 0 Å². The molecule has 5 heteroatoms. The average Bonchev–Trinajstić information content (AvgIpc) is 2.12. The number of aromatic nitrogens is 1. The molecule has 1 heterocycles. The molecule has 44 valence electrons. The van der Waals surface area contributed by atoms with Crippen molar-refractivity contribution < 1.29 is 8.76 Å². The van der Waals surface area contributed by atoms with Gasteiger partial charge in [-0.3, -0.25) is 4.21 Å². The Balaban J connectivity index is 2.93. The predicted octanol–water partition coefficient (Wildman–Crippen LogP) is 0.381. The molecule has 1 aromatic heterocycles. The first-order chi connectivity index (χ1) is 3.80. The van der Waals surface area contributed by atoms with Gasteiger partial charge in [-0.2, -0.15) is 0 Å². The average molecular weight is 148 g/mol. The number of hydrogen-bond donors (Lipinski definition) is 0. The molecule has 0 saturated carbocycles. The van der Waals surface area contributed by atoms with Gasteiger partial charge in [-0.05, 0) is 11.1 Å². The van der Waals surface area contributed by atoms with Crippen molar-refractivity contribution in [2.45, 2.75) is 5.03 Å². The Labute approximate surface area is 52.7 Å². The monoisotopic (exact) mass is 148 g/mol. The molecule has 0 aliphatic rings. The lowest BCUT2D eigenvalue weighted by atomic mass is 11.0. The van der Waals surface area contributed by atoms with Crippen molar-refractivity contribution in [2.24, 2.45) is 0 Å². The second-order valence-corrected chi connectivity index (χ2v) is 2.67. The quantitative estimate of drug-likeness (QED) is 0.541. The molecule has 0 amide bonds. The molecule has 8 heavy (non-hydrogen) atoms. The summed E-state index contributed by atoms with van der Waals surface area (Å²) in [5.41, 5.74) is 1.48. The fraction of sp³-hybridized carbons (Fsp3) is 0. The first-order valence-electron chi connectivity index (χ1n) is 1.78. The van der Waals surface area contributed by atoms with Crippen LogP contribution in [0.3, 0.4) is 0 Å². The molecule has 1 atom stereocenters.